The maximum absolute atomic E-state index is 14.9. The van der Waals surface area contributed by atoms with Gasteiger partial charge in [0.1, 0.15) is 0 Å². The van der Waals surface area contributed by atoms with E-state index in [1.807, 2.05) is 26.8 Å². The van der Waals surface area contributed by atoms with Gasteiger partial charge in [0, 0.05) is 0 Å². The van der Waals surface area contributed by atoms with Gasteiger partial charge in [-0.2, -0.15) is 0 Å². The van der Waals surface area contributed by atoms with Gasteiger partial charge in [-0.1, -0.05) is 0 Å². The summed E-state index contributed by atoms with van der Waals surface area (Å²) in [6.07, 6.45) is 0. The van der Waals surface area contributed by atoms with Crippen LogP contribution in [0.2, 0.25) is 0 Å². The minimum atomic E-state index is -2.66. The van der Waals surface area contributed by atoms with Crippen LogP contribution in [-0.4, -0.2) is 46.6 Å². The third-order valence-corrected chi connectivity index (χ3v) is 10.9. The number of nitrogens with zero attached hydrogens (tertiary/aromatic N) is 2. The Morgan fingerprint density at radius 1 is 0.865 bits per heavy atom. The Kier molecular flexibility index (Phi) is 7.11. The molecule has 188 valence electrons. The van der Waals surface area contributed by atoms with E-state index < -0.39 is 7.40 Å². The fraction of sp³-hybridized carbons (Fsp3) is 0.233. The number of aromatic nitrogens is 1. The van der Waals surface area contributed by atoms with E-state index in [0.29, 0.717) is 11.4 Å². The van der Waals surface area contributed by atoms with Crippen molar-refractivity contribution in [2.75, 3.05) is 0 Å². The van der Waals surface area contributed by atoms with E-state index >= 15 is 0 Å². The molecule has 3 aromatic heterocycles. The quantitative estimate of drug-likeness (QED) is 0.208. The van der Waals surface area contributed by atoms with E-state index in [-0.39, 0.29) is 29.0 Å². The predicted molar refractivity (Wildman–Crippen MR) is 155 cm³/mol. The van der Waals surface area contributed by atoms with Gasteiger partial charge in [0.25, 0.3) is 0 Å². The first kappa shape index (κ1) is 26.2. The van der Waals surface area contributed by atoms with E-state index in [0.717, 1.165) is 65.9 Å². The Balaban J connectivity index is 1.95. The Morgan fingerprint density at radius 2 is 1.46 bits per heavy atom. The number of benzene rings is 1. The van der Waals surface area contributed by atoms with Crippen LogP contribution in [0.15, 0.2) is 62.5 Å². The predicted octanol–water partition coefficient (Wildman–Crippen LogP) is 7.29. The molecule has 0 spiro atoms. The zero-order valence-electron chi connectivity index (χ0n) is 22.2. The normalized spacial score (nSPS) is 15.0. The van der Waals surface area contributed by atoms with Crippen LogP contribution in [0.5, 0.6) is 0 Å². The average Bonchev–Trinajstić information content (AvgIpc) is 3.59. The summed E-state index contributed by atoms with van der Waals surface area (Å²) in [5.41, 5.74) is 12.2. The molecule has 1 aliphatic rings. The first-order valence-electron chi connectivity index (χ1n) is 12.3. The second kappa shape index (κ2) is 10.0. The summed E-state index contributed by atoms with van der Waals surface area (Å²) >= 11 is 0.394. The van der Waals surface area contributed by atoms with E-state index in [4.69, 9.17) is 4.99 Å². The fourth-order valence-corrected chi connectivity index (χ4v) is 9.53. The van der Waals surface area contributed by atoms with Gasteiger partial charge in [0.05, 0.1) is 0 Å². The van der Waals surface area contributed by atoms with Crippen LogP contribution in [-0.2, 0) is 0 Å². The molecule has 4 aromatic rings. The van der Waals surface area contributed by atoms with Gasteiger partial charge in [0.2, 0.25) is 0 Å². The van der Waals surface area contributed by atoms with Crippen LogP contribution < -0.4 is 0 Å². The molecule has 0 atom stereocenters. The van der Waals surface area contributed by atoms with Gasteiger partial charge in [0.15, 0.2) is 0 Å². The zero-order valence-corrected chi connectivity index (χ0v) is 25.6. The SMILES string of the molecule is CC1=N/C(=C(\c2c(C)cc(C)cc2C)c2c(C)c(-c3ccc[se]3)c(C)n2B(F)F)C(C)=C1c1ccc[se]1. The third kappa shape index (κ3) is 4.36. The zero-order chi connectivity index (χ0) is 26.6. The summed E-state index contributed by atoms with van der Waals surface area (Å²) < 4.78 is 33.6. The molecule has 0 bridgehead atoms. The van der Waals surface area contributed by atoms with Gasteiger partial charge < -0.3 is 0 Å². The Morgan fingerprint density at radius 3 is 2.00 bits per heavy atom. The second-order valence-electron chi connectivity index (χ2n) is 9.73. The van der Waals surface area contributed by atoms with Crippen molar-refractivity contribution in [1.82, 2.24) is 4.48 Å². The number of hydrogen-bond acceptors (Lipinski definition) is 1. The van der Waals surface area contributed by atoms with Crippen LogP contribution in [0.1, 0.15) is 57.5 Å². The Bertz CT molecular complexity index is 1580. The van der Waals surface area contributed by atoms with Crippen LogP contribution in [0.25, 0.3) is 21.1 Å². The number of allylic oxidation sites excluding steroid dienone is 2. The molecule has 0 saturated heterocycles. The Hall–Kier alpha value is -2.43. The van der Waals surface area contributed by atoms with Crippen molar-refractivity contribution < 1.29 is 8.63 Å². The molecule has 0 radical (unpaired) electrons. The van der Waals surface area contributed by atoms with E-state index in [2.05, 4.69) is 67.9 Å². The Labute approximate surface area is 230 Å². The van der Waals surface area contributed by atoms with Gasteiger partial charge in [-0.05, 0) is 0 Å². The first-order valence-corrected chi connectivity index (χ1v) is 16.0. The number of rotatable bonds is 5. The molecule has 0 saturated carbocycles. The van der Waals surface area contributed by atoms with Crippen molar-refractivity contribution >= 4 is 53.3 Å². The van der Waals surface area contributed by atoms with Crippen molar-refractivity contribution in [3.05, 3.63) is 101 Å². The summed E-state index contributed by atoms with van der Waals surface area (Å²) in [6, 6.07) is 12.7. The molecular formula is C30H29BF2N2Se2. The molecule has 0 amide bonds. The molecule has 1 aromatic carbocycles. The summed E-state index contributed by atoms with van der Waals surface area (Å²) in [5, 5.41) is 0. The van der Waals surface area contributed by atoms with E-state index in [1.54, 1.807) is 0 Å². The standard InChI is InChI=1S/C30H29BF2N2Se2/c1-16-14-17(2)25(18(3)15-16)28(29-19(4)26(21(6)34-29)23-10-8-12-36-23)30-20(5)27(24-11-9-13-37-24)22(7)35(30)31(32)33/h8-15H,1-7H3/b29-28+. The van der Waals surface area contributed by atoms with Crippen LogP contribution >= 0.6 is 0 Å². The van der Waals surface area contributed by atoms with Gasteiger partial charge in [-0.3, -0.25) is 0 Å². The van der Waals surface area contributed by atoms with E-state index in [9.17, 15) is 8.63 Å². The van der Waals surface area contributed by atoms with Crippen LogP contribution in [0.3, 0.4) is 0 Å². The van der Waals surface area contributed by atoms with Crippen molar-refractivity contribution in [3.63, 3.8) is 0 Å². The monoisotopic (exact) mass is 626 g/mol. The number of aliphatic imine (C=N–C) groups is 1. The molecule has 0 N–H and O–H groups in total. The summed E-state index contributed by atoms with van der Waals surface area (Å²) in [4.78, 5) is 9.46. The van der Waals surface area contributed by atoms with Crippen molar-refractivity contribution in [3.8, 4) is 10.0 Å². The molecule has 7 heteroatoms. The van der Waals surface area contributed by atoms with E-state index in [1.165, 1.54) is 8.92 Å². The van der Waals surface area contributed by atoms with Gasteiger partial charge in [-0.15, -0.1) is 0 Å². The number of halogens is 2. The van der Waals surface area contributed by atoms with Gasteiger partial charge >= 0.3 is 231 Å². The summed E-state index contributed by atoms with van der Waals surface area (Å²) in [5.74, 6) is 0. The van der Waals surface area contributed by atoms with Crippen molar-refractivity contribution in [2.45, 2.75) is 48.5 Å². The van der Waals surface area contributed by atoms with Crippen molar-refractivity contribution in [2.24, 2.45) is 4.99 Å². The average molecular weight is 624 g/mol. The molecule has 0 aliphatic carbocycles. The molecule has 2 nitrogen and oxygen atoms in total. The molecule has 4 heterocycles. The molecule has 0 unspecified atom stereocenters. The summed E-state index contributed by atoms with van der Waals surface area (Å²) in [6.45, 7) is 14.2. The third-order valence-electron chi connectivity index (χ3n) is 7.20. The minimum absolute atomic E-state index is 0.138. The van der Waals surface area contributed by atoms with Crippen LogP contribution in [0.4, 0.5) is 8.63 Å². The van der Waals surface area contributed by atoms with Gasteiger partial charge in [-0.25, -0.2) is 0 Å². The molecule has 5 rings (SSSR count). The number of hydrogen-bond donors (Lipinski definition) is 0. The molecular weight excluding hydrogens is 595 g/mol. The molecule has 0 fully saturated rings. The first-order chi connectivity index (χ1) is 17.6. The van der Waals surface area contributed by atoms with Crippen LogP contribution in [0, 0.1) is 34.6 Å². The maximum atomic E-state index is 14.9. The summed E-state index contributed by atoms with van der Waals surface area (Å²) in [7, 11) is -2.66. The fourth-order valence-electron chi connectivity index (χ4n) is 5.84. The second-order valence-corrected chi connectivity index (χ2v) is 13.7. The topological polar surface area (TPSA) is 17.3 Å². The van der Waals surface area contributed by atoms with Crippen molar-refractivity contribution in [1.29, 1.82) is 0 Å². The molecule has 1 aliphatic heterocycles. The number of aryl methyl sites for hydroxylation is 3. The molecule has 37 heavy (non-hydrogen) atoms.